The van der Waals surface area contributed by atoms with E-state index in [1.807, 2.05) is 34.8 Å². The van der Waals surface area contributed by atoms with E-state index >= 15 is 0 Å². The zero-order chi connectivity index (χ0) is 15.4. The molecule has 0 aliphatic rings. The molecule has 0 fully saturated rings. The van der Waals surface area contributed by atoms with Crippen molar-refractivity contribution in [3.8, 4) is 0 Å². The number of hydrogen-bond donors (Lipinski definition) is 2. The first-order valence-electron chi connectivity index (χ1n) is 5.11. The molecule has 1 unspecified atom stereocenters. The van der Waals surface area contributed by atoms with Crippen LogP contribution in [0.3, 0.4) is 0 Å². The second-order valence-corrected chi connectivity index (χ2v) is 5.65. The summed E-state index contributed by atoms with van der Waals surface area (Å²) in [5.74, 6) is 0. The van der Waals surface area contributed by atoms with Crippen molar-refractivity contribution in [2.24, 2.45) is 0 Å². The first-order chi connectivity index (χ1) is 8.21. The molecule has 1 aromatic rings. The molecule has 0 spiro atoms. The third-order valence-electron chi connectivity index (χ3n) is 1.74. The second kappa shape index (κ2) is 5.26. The molecule has 0 aliphatic carbocycles. The van der Waals surface area contributed by atoms with Crippen LogP contribution < -0.4 is 4.57 Å². The van der Waals surface area contributed by atoms with Gasteiger partial charge in [0.05, 0.1) is 13.2 Å². The van der Waals surface area contributed by atoms with Gasteiger partial charge in [0.15, 0.2) is 0 Å². The molecular weight excluding hydrogens is 301 g/mol. The molecule has 2 N–H and O–H groups in total. The minimum atomic E-state index is -10.7. The van der Waals surface area contributed by atoms with Gasteiger partial charge in [-0.2, -0.15) is 0 Å². The summed E-state index contributed by atoms with van der Waals surface area (Å²) < 4.78 is 63.1. The van der Waals surface area contributed by atoms with Crippen LogP contribution in [0.1, 0.15) is 6.92 Å². The van der Waals surface area contributed by atoms with E-state index in [0.717, 1.165) is 6.54 Å². The van der Waals surface area contributed by atoms with Crippen LogP contribution in [-0.4, -0.2) is 27.5 Å². The van der Waals surface area contributed by atoms with E-state index in [1.54, 1.807) is 0 Å². The number of imidazole rings is 1. The number of aryl methyl sites for hydroxylation is 1. The predicted octanol–water partition coefficient (Wildman–Crippen LogP) is 2.53. The van der Waals surface area contributed by atoms with Crippen LogP contribution >= 0.6 is 7.81 Å². The third kappa shape index (κ3) is 15.1. The summed E-state index contributed by atoms with van der Waals surface area (Å²) in [6, 6.07) is 0. The molecule has 0 amide bonds. The molecule has 0 aromatic carbocycles. The SMILES string of the molecule is CCn1cc[n+](CC(O)CO)c1.F[P-](F)(F)(F)(F)F. The average molecular weight is 316 g/mol. The van der Waals surface area contributed by atoms with E-state index in [1.165, 1.54) is 0 Å². The van der Waals surface area contributed by atoms with Crippen molar-refractivity contribution in [2.45, 2.75) is 26.1 Å². The Morgan fingerprint density at radius 1 is 1.21 bits per heavy atom. The fourth-order valence-electron chi connectivity index (χ4n) is 1.03. The molecule has 1 aromatic heterocycles. The number of hydrogen-bond acceptors (Lipinski definition) is 2. The summed E-state index contributed by atoms with van der Waals surface area (Å²) in [6.45, 7) is 3.23. The van der Waals surface area contributed by atoms with Crippen LogP contribution in [0.25, 0.3) is 0 Å². The Balaban J connectivity index is 0.000000399. The van der Waals surface area contributed by atoms with Crippen molar-refractivity contribution in [3.63, 3.8) is 0 Å². The summed E-state index contributed by atoms with van der Waals surface area (Å²) in [7, 11) is -10.7. The van der Waals surface area contributed by atoms with Crippen LogP contribution in [0.4, 0.5) is 25.2 Å². The Morgan fingerprint density at radius 3 is 2.00 bits per heavy atom. The molecular formula is C8H15F6N2O2P. The monoisotopic (exact) mass is 316 g/mol. The molecule has 1 heterocycles. The van der Waals surface area contributed by atoms with Crippen molar-refractivity contribution in [3.05, 3.63) is 18.7 Å². The Bertz CT molecular complexity index is 392. The van der Waals surface area contributed by atoms with E-state index in [-0.39, 0.29) is 6.61 Å². The molecule has 0 radical (unpaired) electrons. The van der Waals surface area contributed by atoms with Gasteiger partial charge >= 0.3 is 33.0 Å². The standard InChI is InChI=1S/C8H15N2O2.F6P/c1-2-9-3-4-10(7-9)5-8(12)6-11;1-7(2,3,4,5)6/h3-4,7-8,11-12H,2,5-6H2,1H3;/q+1;-1. The molecule has 0 saturated heterocycles. The summed E-state index contributed by atoms with van der Waals surface area (Å²) in [5.41, 5.74) is 0. The zero-order valence-corrected chi connectivity index (χ0v) is 10.8. The summed E-state index contributed by atoms with van der Waals surface area (Å²) >= 11 is 0. The van der Waals surface area contributed by atoms with Crippen molar-refractivity contribution < 1.29 is 40.0 Å². The van der Waals surface area contributed by atoms with E-state index in [2.05, 4.69) is 0 Å². The molecule has 116 valence electrons. The van der Waals surface area contributed by atoms with E-state index < -0.39 is 13.9 Å². The zero-order valence-electron chi connectivity index (χ0n) is 9.93. The van der Waals surface area contributed by atoms with Gasteiger partial charge in [0.1, 0.15) is 25.0 Å². The van der Waals surface area contributed by atoms with Gasteiger partial charge in [-0.05, 0) is 6.92 Å². The van der Waals surface area contributed by atoms with Crippen LogP contribution in [0.2, 0.25) is 0 Å². The summed E-state index contributed by atoms with van der Waals surface area (Å²) in [5, 5.41) is 17.7. The molecule has 0 bridgehead atoms. The maximum atomic E-state index is 9.87. The van der Waals surface area contributed by atoms with Gasteiger partial charge < -0.3 is 10.2 Å². The van der Waals surface area contributed by atoms with Gasteiger partial charge in [-0.3, -0.25) is 0 Å². The number of aliphatic hydroxyl groups excluding tert-OH is 2. The number of rotatable bonds is 4. The van der Waals surface area contributed by atoms with E-state index in [0.29, 0.717) is 6.54 Å². The van der Waals surface area contributed by atoms with Gasteiger partial charge in [0, 0.05) is 0 Å². The van der Waals surface area contributed by atoms with Crippen molar-refractivity contribution in [1.29, 1.82) is 0 Å². The quantitative estimate of drug-likeness (QED) is 0.509. The third-order valence-corrected chi connectivity index (χ3v) is 1.74. The van der Waals surface area contributed by atoms with Gasteiger partial charge in [0.25, 0.3) is 0 Å². The van der Waals surface area contributed by atoms with Crippen molar-refractivity contribution >= 4 is 7.81 Å². The summed E-state index contributed by atoms with van der Waals surface area (Å²) in [4.78, 5) is 0. The molecule has 11 heteroatoms. The van der Waals surface area contributed by atoms with Crippen LogP contribution in [0.5, 0.6) is 0 Å². The topological polar surface area (TPSA) is 49.3 Å². The van der Waals surface area contributed by atoms with Crippen molar-refractivity contribution in [2.75, 3.05) is 6.61 Å². The number of halogens is 6. The van der Waals surface area contributed by atoms with Gasteiger partial charge in [-0.1, -0.05) is 0 Å². The molecule has 0 saturated carbocycles. The van der Waals surface area contributed by atoms with Crippen molar-refractivity contribution in [1.82, 2.24) is 4.57 Å². The molecule has 0 aliphatic heterocycles. The molecule has 1 rings (SSSR count). The number of nitrogens with zero attached hydrogens (tertiary/aromatic N) is 2. The molecule has 19 heavy (non-hydrogen) atoms. The normalized spacial score (nSPS) is 16.9. The predicted molar refractivity (Wildman–Crippen MR) is 57.0 cm³/mol. The van der Waals surface area contributed by atoms with E-state index in [9.17, 15) is 25.2 Å². The maximum absolute atomic E-state index is 10.7. The van der Waals surface area contributed by atoms with E-state index in [4.69, 9.17) is 10.2 Å². The van der Waals surface area contributed by atoms with Gasteiger partial charge in [-0.25, -0.2) is 9.13 Å². The number of aromatic nitrogens is 2. The van der Waals surface area contributed by atoms with Crippen LogP contribution in [-0.2, 0) is 13.1 Å². The first-order valence-corrected chi connectivity index (χ1v) is 7.14. The average Bonchev–Trinajstić information content (AvgIpc) is 2.60. The first kappa shape index (κ1) is 18.1. The number of aliphatic hydroxyl groups is 2. The minimum absolute atomic E-state index is 0.190. The van der Waals surface area contributed by atoms with Gasteiger partial charge in [-0.15, -0.1) is 0 Å². The Morgan fingerprint density at radius 2 is 1.68 bits per heavy atom. The molecule has 1 atom stereocenters. The Kier molecular flexibility index (Phi) is 5.02. The Labute approximate surface area is 105 Å². The second-order valence-electron chi connectivity index (χ2n) is 3.74. The summed E-state index contributed by atoms with van der Waals surface area (Å²) in [6.07, 6.45) is 5.05. The van der Waals surface area contributed by atoms with Gasteiger partial charge in [0.2, 0.25) is 6.33 Å². The fraction of sp³-hybridized carbons (Fsp3) is 0.625. The van der Waals surface area contributed by atoms with Crippen LogP contribution in [0.15, 0.2) is 18.7 Å². The van der Waals surface area contributed by atoms with Crippen LogP contribution in [0, 0.1) is 0 Å². The fourth-order valence-corrected chi connectivity index (χ4v) is 1.03. The molecule has 4 nitrogen and oxygen atoms in total. The Hall–Kier alpha value is -0.860.